The van der Waals surface area contributed by atoms with Gasteiger partial charge in [0.15, 0.2) is 23.2 Å². The van der Waals surface area contributed by atoms with Gasteiger partial charge in [-0.05, 0) is 36.5 Å². The Morgan fingerprint density at radius 3 is 2.54 bits per heavy atom. The maximum atomic E-state index is 11.9. The number of benzene rings is 2. The molecule has 0 atom stereocenters. The Bertz CT molecular complexity index is 787. The molecule has 122 valence electrons. The Hall–Kier alpha value is -3.11. The molecule has 0 bridgehead atoms. The van der Waals surface area contributed by atoms with Crippen molar-refractivity contribution in [3.8, 4) is 17.6 Å². The summed E-state index contributed by atoms with van der Waals surface area (Å²) >= 11 is 5.07. The van der Waals surface area contributed by atoms with Gasteiger partial charge in [0.05, 0.1) is 18.4 Å². The fourth-order valence-electron chi connectivity index (χ4n) is 1.89. The lowest BCUT2D eigenvalue weighted by molar-refractivity contribution is -0.121. The average molecular weight is 341 g/mol. The molecular formula is C17H15N3O3S. The topological polar surface area (TPSA) is 83.4 Å². The van der Waals surface area contributed by atoms with Crippen molar-refractivity contribution in [2.45, 2.75) is 0 Å². The van der Waals surface area contributed by atoms with Crippen LogP contribution in [0.3, 0.4) is 0 Å². The lowest BCUT2D eigenvalue weighted by Crippen LogP contribution is -2.37. The predicted octanol–water partition coefficient (Wildman–Crippen LogP) is 2.46. The van der Waals surface area contributed by atoms with Crippen molar-refractivity contribution in [2.75, 3.05) is 19.0 Å². The number of methoxy groups -OCH3 is 1. The number of ether oxygens (including phenoxy) is 2. The molecule has 0 spiro atoms. The SMILES string of the molecule is COc1ccccc1OCC(=O)NC(=S)Nc1ccccc1C#N. The first kappa shape index (κ1) is 17.2. The predicted molar refractivity (Wildman–Crippen MR) is 94.0 cm³/mol. The third kappa shape index (κ3) is 4.69. The van der Waals surface area contributed by atoms with Gasteiger partial charge in [0.2, 0.25) is 0 Å². The van der Waals surface area contributed by atoms with Crippen LogP contribution in [0, 0.1) is 11.3 Å². The van der Waals surface area contributed by atoms with Gasteiger partial charge >= 0.3 is 0 Å². The Kier molecular flexibility index (Phi) is 6.11. The molecule has 0 aliphatic carbocycles. The minimum Gasteiger partial charge on any atom is -0.493 e. The van der Waals surface area contributed by atoms with E-state index in [0.29, 0.717) is 22.7 Å². The third-order valence-corrected chi connectivity index (χ3v) is 3.18. The maximum Gasteiger partial charge on any atom is 0.264 e. The molecule has 0 aliphatic heterocycles. The zero-order valence-electron chi connectivity index (χ0n) is 12.9. The van der Waals surface area contributed by atoms with Gasteiger partial charge in [-0.1, -0.05) is 24.3 Å². The number of amides is 1. The summed E-state index contributed by atoms with van der Waals surface area (Å²) in [4.78, 5) is 11.9. The van der Waals surface area contributed by atoms with Gasteiger partial charge in [-0.15, -0.1) is 0 Å². The Balaban J connectivity index is 1.88. The summed E-state index contributed by atoms with van der Waals surface area (Å²) in [5.41, 5.74) is 0.954. The van der Waals surface area contributed by atoms with E-state index in [4.69, 9.17) is 27.0 Å². The number of nitrogens with zero attached hydrogens (tertiary/aromatic N) is 1. The summed E-state index contributed by atoms with van der Waals surface area (Å²) in [7, 11) is 1.52. The molecule has 0 radical (unpaired) electrons. The molecule has 2 N–H and O–H groups in total. The summed E-state index contributed by atoms with van der Waals surface area (Å²) in [5, 5.41) is 14.4. The number of hydrogen-bond donors (Lipinski definition) is 2. The monoisotopic (exact) mass is 341 g/mol. The minimum absolute atomic E-state index is 0.0892. The first-order valence-corrected chi connectivity index (χ1v) is 7.40. The van der Waals surface area contributed by atoms with E-state index in [1.807, 2.05) is 6.07 Å². The lowest BCUT2D eigenvalue weighted by atomic mass is 10.2. The van der Waals surface area contributed by atoms with E-state index in [2.05, 4.69) is 10.6 Å². The van der Waals surface area contributed by atoms with Gasteiger partial charge in [0.25, 0.3) is 5.91 Å². The van der Waals surface area contributed by atoms with Gasteiger partial charge in [-0.3, -0.25) is 10.1 Å². The highest BCUT2D eigenvalue weighted by molar-refractivity contribution is 7.80. The Morgan fingerprint density at radius 1 is 1.17 bits per heavy atom. The summed E-state index contributed by atoms with van der Waals surface area (Å²) in [6, 6.07) is 15.9. The molecule has 1 amide bonds. The van der Waals surface area contributed by atoms with E-state index in [1.165, 1.54) is 7.11 Å². The molecule has 0 aromatic heterocycles. The normalized spacial score (nSPS) is 9.50. The quantitative estimate of drug-likeness (QED) is 0.813. The molecule has 0 saturated carbocycles. The van der Waals surface area contributed by atoms with Gasteiger partial charge in [-0.2, -0.15) is 5.26 Å². The van der Waals surface area contributed by atoms with Gasteiger partial charge in [-0.25, -0.2) is 0 Å². The van der Waals surface area contributed by atoms with E-state index >= 15 is 0 Å². The molecule has 0 saturated heterocycles. The van der Waals surface area contributed by atoms with Crippen LogP contribution in [0.5, 0.6) is 11.5 Å². The number of nitriles is 1. The van der Waals surface area contributed by atoms with Crippen LogP contribution in [0.15, 0.2) is 48.5 Å². The molecule has 2 aromatic rings. The highest BCUT2D eigenvalue weighted by Gasteiger charge is 2.09. The molecule has 0 fully saturated rings. The van der Waals surface area contributed by atoms with Crippen LogP contribution in [-0.2, 0) is 4.79 Å². The van der Waals surface area contributed by atoms with Crippen LogP contribution in [0.4, 0.5) is 5.69 Å². The van der Waals surface area contributed by atoms with E-state index in [0.717, 1.165) is 0 Å². The molecule has 0 unspecified atom stereocenters. The number of rotatable bonds is 5. The standard InChI is InChI=1S/C17H15N3O3S/c1-22-14-8-4-5-9-15(14)23-11-16(21)20-17(24)19-13-7-3-2-6-12(13)10-18/h2-9H,11H2,1H3,(H2,19,20,21,24). The molecule has 2 aromatic carbocycles. The minimum atomic E-state index is -0.423. The van der Waals surface area contributed by atoms with Crippen molar-refractivity contribution in [1.29, 1.82) is 5.26 Å². The van der Waals surface area contributed by atoms with Crippen molar-refractivity contribution in [3.05, 3.63) is 54.1 Å². The third-order valence-electron chi connectivity index (χ3n) is 2.98. The number of hydrogen-bond acceptors (Lipinski definition) is 5. The number of nitrogens with one attached hydrogen (secondary N) is 2. The average Bonchev–Trinajstić information content (AvgIpc) is 2.60. The summed E-state index contributed by atoms with van der Waals surface area (Å²) in [6.45, 7) is -0.220. The first-order chi connectivity index (χ1) is 11.6. The van der Waals surface area contributed by atoms with Gasteiger partial charge in [0.1, 0.15) is 6.07 Å². The van der Waals surface area contributed by atoms with Gasteiger partial charge < -0.3 is 14.8 Å². The van der Waals surface area contributed by atoms with Crippen molar-refractivity contribution < 1.29 is 14.3 Å². The van der Waals surface area contributed by atoms with Crippen LogP contribution in [0.1, 0.15) is 5.56 Å². The highest BCUT2D eigenvalue weighted by Crippen LogP contribution is 2.25. The highest BCUT2D eigenvalue weighted by atomic mass is 32.1. The summed E-state index contributed by atoms with van der Waals surface area (Å²) in [6.07, 6.45) is 0. The number of carbonyl (C=O) groups is 1. The zero-order chi connectivity index (χ0) is 17.4. The Labute approximate surface area is 145 Å². The fourth-order valence-corrected chi connectivity index (χ4v) is 2.11. The van der Waals surface area contributed by atoms with Crippen molar-refractivity contribution in [2.24, 2.45) is 0 Å². The molecule has 2 rings (SSSR count). The fraction of sp³-hybridized carbons (Fsp3) is 0.118. The number of thiocarbonyl (C=S) groups is 1. The molecule has 0 heterocycles. The van der Waals surface area contributed by atoms with Crippen LogP contribution >= 0.6 is 12.2 Å². The second-order valence-electron chi connectivity index (χ2n) is 4.60. The second kappa shape index (κ2) is 8.50. The van der Waals surface area contributed by atoms with E-state index in [9.17, 15) is 4.79 Å². The van der Waals surface area contributed by atoms with Crippen molar-refractivity contribution in [3.63, 3.8) is 0 Å². The molecule has 0 aliphatic rings. The zero-order valence-corrected chi connectivity index (χ0v) is 13.7. The van der Waals surface area contributed by atoms with Crippen molar-refractivity contribution >= 4 is 28.9 Å². The van der Waals surface area contributed by atoms with Crippen LogP contribution in [-0.4, -0.2) is 24.7 Å². The summed E-state index contributed by atoms with van der Waals surface area (Å²) in [5.74, 6) is 0.575. The smallest absolute Gasteiger partial charge is 0.264 e. The van der Waals surface area contributed by atoms with E-state index < -0.39 is 5.91 Å². The maximum absolute atomic E-state index is 11.9. The second-order valence-corrected chi connectivity index (χ2v) is 5.01. The van der Waals surface area contributed by atoms with Crippen LogP contribution < -0.4 is 20.1 Å². The molecule has 24 heavy (non-hydrogen) atoms. The molecular weight excluding hydrogens is 326 g/mol. The molecule has 6 nitrogen and oxygen atoms in total. The van der Waals surface area contributed by atoms with Gasteiger partial charge in [0, 0.05) is 0 Å². The molecule has 7 heteroatoms. The van der Waals surface area contributed by atoms with Crippen LogP contribution in [0.2, 0.25) is 0 Å². The lowest BCUT2D eigenvalue weighted by Gasteiger charge is -2.12. The van der Waals surface area contributed by atoms with Crippen LogP contribution in [0.25, 0.3) is 0 Å². The van der Waals surface area contributed by atoms with E-state index in [1.54, 1.807) is 48.5 Å². The number of para-hydroxylation sites is 3. The van der Waals surface area contributed by atoms with E-state index in [-0.39, 0.29) is 11.7 Å². The Morgan fingerprint density at radius 2 is 1.83 bits per heavy atom. The summed E-state index contributed by atoms with van der Waals surface area (Å²) < 4.78 is 10.5. The number of carbonyl (C=O) groups excluding carboxylic acids is 1. The van der Waals surface area contributed by atoms with Crippen molar-refractivity contribution in [1.82, 2.24) is 5.32 Å². The number of anilines is 1. The largest absolute Gasteiger partial charge is 0.493 e. The first-order valence-electron chi connectivity index (χ1n) is 7.00.